The summed E-state index contributed by atoms with van der Waals surface area (Å²) in [6, 6.07) is 13.4. The number of para-hydroxylation sites is 1. The zero-order valence-corrected chi connectivity index (χ0v) is 15.8. The molecule has 140 valence electrons. The topological polar surface area (TPSA) is 96.5 Å². The Kier molecular flexibility index (Phi) is 6.59. The Morgan fingerprint density at radius 1 is 1.12 bits per heavy atom. The maximum atomic E-state index is 12.5. The number of benzene rings is 2. The van der Waals surface area contributed by atoms with Gasteiger partial charge in [0.1, 0.15) is 12.0 Å². The van der Waals surface area contributed by atoms with E-state index in [9.17, 15) is 13.2 Å². The summed E-state index contributed by atoms with van der Waals surface area (Å²) >= 11 is 0. The van der Waals surface area contributed by atoms with E-state index >= 15 is 0 Å². The van der Waals surface area contributed by atoms with Crippen molar-refractivity contribution in [3.05, 3.63) is 54.1 Å². The van der Waals surface area contributed by atoms with E-state index in [0.29, 0.717) is 11.4 Å². The molecule has 0 saturated carbocycles. The summed E-state index contributed by atoms with van der Waals surface area (Å²) in [4.78, 5) is 12.5. The van der Waals surface area contributed by atoms with Gasteiger partial charge in [-0.15, -0.1) is 0 Å². The van der Waals surface area contributed by atoms with Gasteiger partial charge in [-0.1, -0.05) is 19.1 Å². The van der Waals surface area contributed by atoms with E-state index in [-0.39, 0.29) is 17.5 Å². The molecule has 2 aromatic carbocycles. The lowest BCUT2D eigenvalue weighted by molar-refractivity contribution is 0.102. The number of rotatable bonds is 8. The largest absolute Gasteiger partial charge is 0.476 e. The van der Waals surface area contributed by atoms with E-state index in [1.807, 2.05) is 13.8 Å². The number of carbonyl (C=O) groups excluding carboxylic acids is 1. The molecule has 0 heterocycles. The Labute approximate surface area is 153 Å². The monoisotopic (exact) mass is 377 g/mol. The van der Waals surface area contributed by atoms with Gasteiger partial charge in [-0.05, 0) is 49.9 Å². The number of hydrogen-bond acceptors (Lipinski definition) is 5. The van der Waals surface area contributed by atoms with Gasteiger partial charge in [0.15, 0.2) is 0 Å². The summed E-state index contributed by atoms with van der Waals surface area (Å²) in [6.07, 6.45) is 0.920. The molecule has 1 unspecified atom stereocenters. The molecule has 0 fully saturated rings. The SMILES string of the molecule is CCNC(C)Oc1ccc(NC(=O)c2ccccc2NS(C)(=O)=O)cc1. The molecular formula is C18H23N3O4S. The van der Waals surface area contributed by atoms with Crippen molar-refractivity contribution in [3.8, 4) is 5.75 Å². The van der Waals surface area contributed by atoms with Crippen LogP contribution in [0.25, 0.3) is 0 Å². The first-order valence-corrected chi connectivity index (χ1v) is 10.1. The van der Waals surface area contributed by atoms with E-state index in [1.54, 1.807) is 42.5 Å². The van der Waals surface area contributed by atoms with Gasteiger partial charge < -0.3 is 10.1 Å². The third kappa shape index (κ3) is 6.05. The highest BCUT2D eigenvalue weighted by atomic mass is 32.2. The van der Waals surface area contributed by atoms with Crippen molar-refractivity contribution >= 4 is 27.3 Å². The normalized spacial score (nSPS) is 12.3. The molecular weight excluding hydrogens is 354 g/mol. The van der Waals surface area contributed by atoms with Crippen LogP contribution < -0.4 is 20.1 Å². The second-order valence-electron chi connectivity index (χ2n) is 5.72. The first-order chi connectivity index (χ1) is 12.3. The molecule has 0 radical (unpaired) electrons. The molecule has 26 heavy (non-hydrogen) atoms. The van der Waals surface area contributed by atoms with Gasteiger partial charge >= 0.3 is 0 Å². The molecule has 2 aromatic rings. The Balaban J connectivity index is 2.08. The molecule has 8 heteroatoms. The van der Waals surface area contributed by atoms with E-state index in [0.717, 1.165) is 12.8 Å². The summed E-state index contributed by atoms with van der Waals surface area (Å²) in [5.41, 5.74) is 1.04. The van der Waals surface area contributed by atoms with E-state index in [4.69, 9.17) is 4.74 Å². The first-order valence-electron chi connectivity index (χ1n) is 8.17. The van der Waals surface area contributed by atoms with Gasteiger partial charge in [0, 0.05) is 5.69 Å². The number of amides is 1. The van der Waals surface area contributed by atoms with Crippen LogP contribution in [0.4, 0.5) is 11.4 Å². The van der Waals surface area contributed by atoms with Crippen molar-refractivity contribution in [1.29, 1.82) is 0 Å². The van der Waals surface area contributed by atoms with Gasteiger partial charge in [-0.3, -0.25) is 14.8 Å². The molecule has 0 aromatic heterocycles. The predicted octanol–water partition coefficient (Wildman–Crippen LogP) is 2.64. The maximum absolute atomic E-state index is 12.5. The summed E-state index contributed by atoms with van der Waals surface area (Å²) in [5.74, 6) is 0.266. The molecule has 0 bridgehead atoms. The highest BCUT2D eigenvalue weighted by molar-refractivity contribution is 7.92. The molecule has 7 nitrogen and oxygen atoms in total. The minimum absolute atomic E-state index is 0.116. The Bertz CT molecular complexity index is 851. The van der Waals surface area contributed by atoms with Crippen molar-refractivity contribution in [2.75, 3.05) is 22.8 Å². The number of hydrogen-bond donors (Lipinski definition) is 3. The van der Waals surface area contributed by atoms with Gasteiger partial charge in [0.2, 0.25) is 10.0 Å². The minimum atomic E-state index is -3.48. The third-order valence-corrected chi connectivity index (χ3v) is 3.97. The molecule has 1 atom stereocenters. The van der Waals surface area contributed by atoms with Crippen molar-refractivity contribution in [2.24, 2.45) is 0 Å². The molecule has 2 rings (SSSR count). The van der Waals surface area contributed by atoms with E-state index in [1.165, 1.54) is 6.07 Å². The lowest BCUT2D eigenvalue weighted by Gasteiger charge is -2.15. The molecule has 0 aliphatic heterocycles. The highest BCUT2D eigenvalue weighted by Gasteiger charge is 2.14. The lowest BCUT2D eigenvalue weighted by atomic mass is 10.1. The van der Waals surface area contributed by atoms with Crippen LogP contribution in [0.1, 0.15) is 24.2 Å². The zero-order valence-electron chi connectivity index (χ0n) is 14.9. The van der Waals surface area contributed by atoms with Gasteiger partial charge in [0.25, 0.3) is 5.91 Å². The summed E-state index contributed by atoms with van der Waals surface area (Å²) in [7, 11) is -3.48. The Hall–Kier alpha value is -2.58. The van der Waals surface area contributed by atoms with Crippen molar-refractivity contribution in [3.63, 3.8) is 0 Å². The van der Waals surface area contributed by atoms with Crippen molar-refractivity contribution < 1.29 is 17.9 Å². The fraction of sp³-hybridized carbons (Fsp3) is 0.278. The standard InChI is InChI=1S/C18H23N3O4S/c1-4-19-13(2)25-15-11-9-14(10-12-15)20-18(22)16-7-5-6-8-17(16)21-26(3,23)24/h5-13,19,21H,4H2,1-3H3,(H,20,22). The van der Waals surface area contributed by atoms with Crippen LogP contribution >= 0.6 is 0 Å². The summed E-state index contributed by atoms with van der Waals surface area (Å²) < 4.78 is 30.9. The summed E-state index contributed by atoms with van der Waals surface area (Å²) in [5, 5.41) is 5.88. The molecule has 1 amide bonds. The van der Waals surface area contributed by atoms with Crippen molar-refractivity contribution in [1.82, 2.24) is 5.32 Å². The smallest absolute Gasteiger partial charge is 0.257 e. The predicted molar refractivity (Wildman–Crippen MR) is 103 cm³/mol. The average Bonchev–Trinajstić information content (AvgIpc) is 2.56. The number of sulfonamides is 1. The van der Waals surface area contributed by atoms with E-state index < -0.39 is 15.9 Å². The van der Waals surface area contributed by atoms with E-state index in [2.05, 4.69) is 15.4 Å². The number of nitrogens with one attached hydrogen (secondary N) is 3. The Morgan fingerprint density at radius 2 is 1.77 bits per heavy atom. The van der Waals surface area contributed by atoms with Crippen LogP contribution in [0.5, 0.6) is 5.75 Å². The van der Waals surface area contributed by atoms with Crippen LogP contribution in [-0.2, 0) is 10.0 Å². The second kappa shape index (κ2) is 8.68. The number of anilines is 2. The molecule has 3 N–H and O–H groups in total. The van der Waals surface area contributed by atoms with Crippen LogP contribution in [-0.4, -0.2) is 33.4 Å². The average molecular weight is 377 g/mol. The maximum Gasteiger partial charge on any atom is 0.257 e. The van der Waals surface area contributed by atoms with Crippen LogP contribution in [0.2, 0.25) is 0 Å². The third-order valence-electron chi connectivity index (χ3n) is 3.38. The lowest BCUT2D eigenvalue weighted by Crippen LogP contribution is -2.30. The zero-order chi connectivity index (χ0) is 19.2. The molecule has 0 aliphatic carbocycles. The van der Waals surface area contributed by atoms with Crippen LogP contribution in [0, 0.1) is 0 Å². The number of ether oxygens (including phenoxy) is 1. The summed E-state index contributed by atoms with van der Waals surface area (Å²) in [6.45, 7) is 4.70. The molecule has 0 aliphatic rings. The van der Waals surface area contributed by atoms with Gasteiger partial charge in [0.05, 0.1) is 17.5 Å². The Morgan fingerprint density at radius 3 is 2.38 bits per heavy atom. The first kappa shape index (κ1) is 19.7. The number of carbonyl (C=O) groups is 1. The fourth-order valence-electron chi connectivity index (χ4n) is 2.32. The highest BCUT2D eigenvalue weighted by Crippen LogP contribution is 2.20. The van der Waals surface area contributed by atoms with Gasteiger partial charge in [-0.25, -0.2) is 8.42 Å². The fourth-order valence-corrected chi connectivity index (χ4v) is 2.90. The van der Waals surface area contributed by atoms with Gasteiger partial charge in [-0.2, -0.15) is 0 Å². The second-order valence-corrected chi connectivity index (χ2v) is 7.46. The molecule has 0 saturated heterocycles. The molecule has 0 spiro atoms. The quantitative estimate of drug-likeness (QED) is 0.615. The minimum Gasteiger partial charge on any atom is -0.476 e. The van der Waals surface area contributed by atoms with Crippen LogP contribution in [0.3, 0.4) is 0 Å². The van der Waals surface area contributed by atoms with Crippen LogP contribution in [0.15, 0.2) is 48.5 Å². The van der Waals surface area contributed by atoms with Crippen molar-refractivity contribution in [2.45, 2.75) is 20.1 Å².